The van der Waals surface area contributed by atoms with Crippen LogP contribution in [0.15, 0.2) is 35.0 Å². The largest absolute Gasteiger partial charge is 0.458 e. The summed E-state index contributed by atoms with van der Waals surface area (Å²) >= 11 is 2.09. The predicted octanol–water partition coefficient (Wildman–Crippen LogP) is 5.67. The number of ether oxygens (including phenoxy) is 5. The average Bonchev–Trinajstić information content (AvgIpc) is 3.74. The van der Waals surface area contributed by atoms with Crippen molar-refractivity contribution in [3.63, 3.8) is 0 Å². The van der Waals surface area contributed by atoms with Gasteiger partial charge in [0.05, 0.1) is 40.9 Å². The van der Waals surface area contributed by atoms with Crippen molar-refractivity contribution in [2.45, 2.75) is 139 Å². The van der Waals surface area contributed by atoms with Gasteiger partial charge in [0.25, 0.3) is 0 Å². The maximum absolute atomic E-state index is 13.3. The van der Waals surface area contributed by atoms with Gasteiger partial charge in [0.15, 0.2) is 12.4 Å². The van der Waals surface area contributed by atoms with Gasteiger partial charge in [-0.15, -0.1) is 0 Å². The van der Waals surface area contributed by atoms with Crippen LogP contribution in [0.3, 0.4) is 0 Å². The molecule has 316 valence electrons. The molecule has 12 atom stereocenters. The Morgan fingerprint density at radius 2 is 1.91 bits per heavy atom. The van der Waals surface area contributed by atoms with E-state index in [0.717, 1.165) is 27.4 Å². The van der Waals surface area contributed by atoms with Crippen LogP contribution in [0.2, 0.25) is 0 Å². The molecule has 0 bridgehead atoms. The molecule has 4 saturated carbocycles. The lowest BCUT2D eigenvalue weighted by Crippen LogP contribution is -2.69. The van der Waals surface area contributed by atoms with Crippen molar-refractivity contribution in [2.24, 2.45) is 33.7 Å². The number of azide groups is 1. The molecule has 0 radical (unpaired) electrons. The Labute approximate surface area is 352 Å². The average molecular weight is 919 g/mol. The van der Waals surface area contributed by atoms with E-state index in [1.54, 1.807) is 19.1 Å². The van der Waals surface area contributed by atoms with E-state index in [4.69, 9.17) is 29.2 Å². The number of aliphatic hydroxyl groups is 2. The summed E-state index contributed by atoms with van der Waals surface area (Å²) in [6.45, 7) is 4.56. The summed E-state index contributed by atoms with van der Waals surface area (Å²) < 4.78 is 30.3. The lowest BCUT2D eigenvalue weighted by atomic mass is 9.41. The molecule has 3 N–H and O–H groups in total. The molecule has 1 aromatic rings. The normalized spacial score (nSPS) is 39.2. The van der Waals surface area contributed by atoms with Crippen molar-refractivity contribution in [1.29, 1.82) is 0 Å². The summed E-state index contributed by atoms with van der Waals surface area (Å²) in [7, 11) is 1.53. The van der Waals surface area contributed by atoms with Gasteiger partial charge < -0.3 is 44.0 Å². The first-order valence-corrected chi connectivity index (χ1v) is 21.7. The molecule has 1 aromatic carbocycles. The van der Waals surface area contributed by atoms with Crippen molar-refractivity contribution >= 4 is 52.4 Å². The highest BCUT2D eigenvalue weighted by Crippen LogP contribution is 2.70. The summed E-state index contributed by atoms with van der Waals surface area (Å²) in [5.74, 6) is -1.44. The zero-order chi connectivity index (χ0) is 41.5. The first-order chi connectivity index (χ1) is 27.7. The lowest BCUT2D eigenvalue weighted by Gasteiger charge is -2.65. The number of esters is 2. The fourth-order valence-corrected chi connectivity index (χ4v) is 12.5. The van der Waals surface area contributed by atoms with Crippen LogP contribution in [0, 0.1) is 32.2 Å². The number of nitrogens with one attached hydrogen (secondary N) is 1. The van der Waals surface area contributed by atoms with Gasteiger partial charge in [-0.05, 0) is 128 Å². The van der Waals surface area contributed by atoms with Gasteiger partial charge in [-0.25, -0.2) is 4.79 Å². The Bertz CT molecular complexity index is 1860. The summed E-state index contributed by atoms with van der Waals surface area (Å²) in [4.78, 5) is 53.4. The van der Waals surface area contributed by atoms with Crippen LogP contribution in [-0.4, -0.2) is 96.5 Å². The van der Waals surface area contributed by atoms with E-state index in [1.165, 1.54) is 7.11 Å². The number of aldehydes is 1. The van der Waals surface area contributed by atoms with Crippen molar-refractivity contribution in [3.8, 4) is 0 Å². The zero-order valence-electron chi connectivity index (χ0n) is 33.4. The Kier molecular flexibility index (Phi) is 12.7. The number of carbonyl (C=O) groups is 4. The molecule has 1 amide bonds. The molecule has 2 aliphatic heterocycles. The minimum atomic E-state index is -1.31. The number of carbonyl (C=O) groups excluding carboxylic acids is 4. The SMILES string of the molecule is COC1CC(OC2CCC3(C=O)C4CCC5(C)C(C6=CC(=O)OC6)CCC5(O)C4CCC3(O)C2)OC(C)C1OC(=O)CCC(=O)NCCc1ccc(N=[N+]=[N-])c(I)c1. The second-order valence-corrected chi connectivity index (χ2v) is 18.7. The standard InChI is InChI=1S/C42H55IN4O11/c1-24-38(58-35(50)7-6-34(49)45-17-12-25-4-5-32(46-47-44)31(43)18-25)33(54-3)20-37(56-24)57-27-8-14-40(23-48)29-9-13-39(2)28(26-19-36(51)55-22-26)11-16-42(39,53)30(29)10-15-41(40,52)21-27/h4-5,18-19,23-24,27-30,33,37-38,52-53H,6-17,20-22H2,1-3H3,(H,45,49). The Morgan fingerprint density at radius 1 is 1.12 bits per heavy atom. The van der Waals surface area contributed by atoms with Crippen molar-refractivity contribution in [2.75, 3.05) is 20.3 Å². The quantitative estimate of drug-likeness (QED) is 0.0417. The molecule has 2 heterocycles. The number of fused-ring (bicyclic) bond motifs is 5. The Morgan fingerprint density at radius 3 is 2.62 bits per heavy atom. The van der Waals surface area contributed by atoms with Gasteiger partial charge in [0.1, 0.15) is 19.0 Å². The topological polar surface area (TPSA) is 216 Å². The second kappa shape index (κ2) is 17.1. The Hall–Kier alpha value is -3.12. The number of methoxy groups -OCH3 is 1. The van der Waals surface area contributed by atoms with Crippen molar-refractivity contribution < 1.29 is 53.1 Å². The highest BCUT2D eigenvalue weighted by atomic mass is 127. The number of benzene rings is 1. The number of cyclic esters (lactones) is 1. The molecule has 16 heteroatoms. The molecule has 15 nitrogen and oxygen atoms in total. The van der Waals surface area contributed by atoms with Gasteiger partial charge in [-0.1, -0.05) is 24.2 Å². The van der Waals surface area contributed by atoms with E-state index < -0.39 is 52.6 Å². The van der Waals surface area contributed by atoms with Gasteiger partial charge in [0, 0.05) is 52.9 Å². The lowest BCUT2D eigenvalue weighted by molar-refractivity contribution is -0.289. The molecule has 6 aliphatic rings. The molecule has 4 aliphatic carbocycles. The van der Waals surface area contributed by atoms with Crippen LogP contribution < -0.4 is 5.32 Å². The fourth-order valence-electron chi connectivity index (χ4n) is 11.8. The molecule has 58 heavy (non-hydrogen) atoms. The highest BCUT2D eigenvalue weighted by molar-refractivity contribution is 14.1. The van der Waals surface area contributed by atoms with Crippen molar-refractivity contribution in [3.05, 3.63) is 49.4 Å². The van der Waals surface area contributed by atoms with Crippen LogP contribution in [0.4, 0.5) is 5.69 Å². The van der Waals surface area contributed by atoms with Crippen LogP contribution in [0.5, 0.6) is 0 Å². The van der Waals surface area contributed by atoms with Gasteiger partial charge in [0.2, 0.25) is 5.91 Å². The summed E-state index contributed by atoms with van der Waals surface area (Å²) in [6.07, 6.45) is 5.25. The molecule has 1 saturated heterocycles. The van der Waals surface area contributed by atoms with Gasteiger partial charge in [-0.3, -0.25) is 9.59 Å². The molecule has 0 spiro atoms. The molecule has 7 rings (SSSR count). The van der Waals surface area contributed by atoms with E-state index >= 15 is 0 Å². The van der Waals surface area contributed by atoms with E-state index in [1.807, 2.05) is 12.1 Å². The minimum absolute atomic E-state index is 0.0370. The van der Waals surface area contributed by atoms with E-state index in [2.05, 4.69) is 44.9 Å². The molecule has 5 fully saturated rings. The van der Waals surface area contributed by atoms with Crippen LogP contribution >= 0.6 is 22.6 Å². The molecular formula is C42H55IN4O11. The van der Waals surface area contributed by atoms with Crippen LogP contribution in [-0.2, 0) is 49.3 Å². The molecule has 0 aromatic heterocycles. The Balaban J connectivity index is 0.898. The number of nitrogens with zero attached hydrogens (tertiary/aromatic N) is 3. The second-order valence-electron chi connectivity index (χ2n) is 17.6. The number of amides is 1. The molecule has 12 unspecified atom stereocenters. The third-order valence-electron chi connectivity index (χ3n) is 14.8. The third kappa shape index (κ3) is 7.82. The third-order valence-corrected chi connectivity index (χ3v) is 15.7. The number of halogens is 1. The summed E-state index contributed by atoms with van der Waals surface area (Å²) in [5.41, 5.74) is 7.34. The summed E-state index contributed by atoms with van der Waals surface area (Å²) in [5, 5.41) is 31.4. The van der Waals surface area contributed by atoms with E-state index in [-0.39, 0.29) is 68.0 Å². The first kappa shape index (κ1) is 43.0. The van der Waals surface area contributed by atoms with E-state index in [0.29, 0.717) is 63.6 Å². The maximum Gasteiger partial charge on any atom is 0.331 e. The number of hydrogen-bond acceptors (Lipinski definition) is 12. The smallest absolute Gasteiger partial charge is 0.331 e. The van der Waals surface area contributed by atoms with Gasteiger partial charge in [-0.2, -0.15) is 0 Å². The highest BCUT2D eigenvalue weighted by Gasteiger charge is 2.71. The first-order valence-electron chi connectivity index (χ1n) is 20.6. The van der Waals surface area contributed by atoms with Crippen LogP contribution in [0.1, 0.15) is 96.5 Å². The predicted molar refractivity (Wildman–Crippen MR) is 216 cm³/mol. The molecular weight excluding hydrogens is 863 g/mol. The maximum atomic E-state index is 13.3. The zero-order valence-corrected chi connectivity index (χ0v) is 35.6. The monoisotopic (exact) mass is 918 g/mol. The van der Waals surface area contributed by atoms with E-state index in [9.17, 15) is 29.4 Å². The minimum Gasteiger partial charge on any atom is -0.458 e. The van der Waals surface area contributed by atoms with Crippen LogP contribution in [0.25, 0.3) is 10.4 Å². The number of rotatable bonds is 13. The number of hydrogen-bond donors (Lipinski definition) is 3. The fraction of sp³-hybridized carbons (Fsp3) is 0.714. The van der Waals surface area contributed by atoms with Crippen molar-refractivity contribution in [1.82, 2.24) is 5.32 Å². The van der Waals surface area contributed by atoms with Gasteiger partial charge >= 0.3 is 11.9 Å². The summed E-state index contributed by atoms with van der Waals surface area (Å²) in [6, 6.07) is 5.47.